The summed E-state index contributed by atoms with van der Waals surface area (Å²) >= 11 is 0. The van der Waals surface area contributed by atoms with Crippen molar-refractivity contribution in [2.24, 2.45) is 0 Å². The van der Waals surface area contributed by atoms with Crippen LogP contribution in [0.3, 0.4) is 0 Å². The van der Waals surface area contributed by atoms with Gasteiger partial charge in [0.2, 0.25) is 0 Å². The average molecular weight is 386 g/mol. The van der Waals surface area contributed by atoms with E-state index in [1.807, 2.05) is 0 Å². The molecule has 30 heavy (non-hydrogen) atoms. The Morgan fingerprint density at radius 2 is 1.67 bits per heavy atom. The zero-order valence-corrected chi connectivity index (χ0v) is 16.9. The van der Waals surface area contributed by atoms with Gasteiger partial charge in [-0.3, -0.25) is 4.98 Å². The first-order valence-corrected chi connectivity index (χ1v) is 10.2. The molecular weight excluding hydrogens is 367 g/mol. The van der Waals surface area contributed by atoms with Crippen molar-refractivity contribution in [3.05, 3.63) is 23.4 Å². The highest BCUT2D eigenvalue weighted by molar-refractivity contribution is 6.59. The van der Waals surface area contributed by atoms with Gasteiger partial charge in [0.25, 0.3) is 0 Å². The quantitative estimate of drug-likeness (QED) is 0.679. The van der Waals surface area contributed by atoms with Gasteiger partial charge in [0, 0.05) is 35.4 Å². The van der Waals surface area contributed by atoms with Crippen LogP contribution in [-0.4, -0.2) is 81.8 Å². The maximum Gasteiger partial charge on any atom is 0.160 e. The van der Waals surface area contributed by atoms with E-state index >= 15 is 0 Å². The lowest BCUT2D eigenvalue weighted by atomic mass is 9.52. The second-order valence-corrected chi connectivity index (χ2v) is 8.18. The smallest absolute Gasteiger partial charge is 0.160 e. The number of piperidine rings is 1. The number of hydrogen-bond acceptors (Lipinski definition) is 5. The highest BCUT2D eigenvalue weighted by atomic mass is 16.5. The lowest BCUT2D eigenvalue weighted by Crippen LogP contribution is -2.40. The number of fused-ring (bicyclic) bond motifs is 2. The number of aromatic nitrogens is 1. The molecule has 1 atom stereocenters. The predicted molar refractivity (Wildman–Crippen MR) is 125 cm³/mol. The number of anilines is 1. The summed E-state index contributed by atoms with van der Waals surface area (Å²) in [6.45, 7) is 1.94. The van der Waals surface area contributed by atoms with Crippen LogP contribution in [0.1, 0.15) is 30.5 Å². The Hall–Kier alpha value is -1.62. The van der Waals surface area contributed by atoms with E-state index in [0.29, 0.717) is 11.6 Å². The lowest BCUT2D eigenvalue weighted by Gasteiger charge is -2.30. The molecule has 1 aromatic carbocycles. The standard InChI is InChI=1S/C19H19B6N3O2/c20-18(21,22)29-15-7-12-14(8-16(15)30-19(23,24)25)28-13-5-1-4-11(13)17(12)27-10-3-2-6-26-9-10/h7-8,10,26H,1-6,9H2,(H,27,28)/t10-/m1/s1. The Kier molecular flexibility index (Phi) is 5.86. The van der Waals surface area contributed by atoms with Crippen molar-refractivity contribution in [1.29, 1.82) is 0 Å². The maximum absolute atomic E-state index is 5.67. The fourth-order valence-corrected chi connectivity index (χ4v) is 4.15. The molecule has 5 nitrogen and oxygen atoms in total. The van der Waals surface area contributed by atoms with Gasteiger partial charge in [-0.15, -0.1) is 0 Å². The minimum atomic E-state index is -1.93. The van der Waals surface area contributed by atoms with E-state index in [1.54, 1.807) is 12.1 Å². The third-order valence-electron chi connectivity index (χ3n) is 5.30. The van der Waals surface area contributed by atoms with Gasteiger partial charge in [-0.05, 0) is 60.9 Å². The molecule has 1 aliphatic carbocycles. The van der Waals surface area contributed by atoms with Crippen LogP contribution in [0.5, 0.6) is 11.5 Å². The highest BCUT2D eigenvalue weighted by Gasteiger charge is 2.25. The van der Waals surface area contributed by atoms with Crippen molar-refractivity contribution in [3.63, 3.8) is 0 Å². The third-order valence-corrected chi connectivity index (χ3v) is 5.30. The zero-order valence-electron chi connectivity index (χ0n) is 16.9. The summed E-state index contributed by atoms with van der Waals surface area (Å²) in [5.74, 6) is 0.321. The highest BCUT2D eigenvalue weighted by Crippen LogP contribution is 2.41. The summed E-state index contributed by atoms with van der Waals surface area (Å²) in [6, 6.07) is 3.72. The summed E-state index contributed by atoms with van der Waals surface area (Å²) in [5, 5.41) is 4.13. The van der Waals surface area contributed by atoms with Crippen LogP contribution < -0.4 is 20.1 Å². The molecule has 0 bridgehead atoms. The van der Waals surface area contributed by atoms with Crippen molar-refractivity contribution in [2.75, 3.05) is 18.4 Å². The molecule has 1 fully saturated rings. The Balaban J connectivity index is 1.85. The van der Waals surface area contributed by atoms with E-state index in [2.05, 4.69) is 10.6 Å². The molecule has 4 rings (SSSR count). The molecule has 140 valence electrons. The van der Waals surface area contributed by atoms with Crippen LogP contribution in [0.25, 0.3) is 10.9 Å². The number of rotatable bonds is 6. The van der Waals surface area contributed by atoms with Gasteiger partial charge in [0.1, 0.15) is 47.1 Å². The van der Waals surface area contributed by atoms with E-state index in [9.17, 15) is 0 Å². The van der Waals surface area contributed by atoms with Crippen molar-refractivity contribution >= 4 is 63.7 Å². The van der Waals surface area contributed by atoms with Gasteiger partial charge in [0.05, 0.1) is 5.52 Å². The van der Waals surface area contributed by atoms with Crippen LogP contribution in [0, 0.1) is 0 Å². The molecule has 2 heterocycles. The molecule has 0 saturated carbocycles. The van der Waals surface area contributed by atoms with E-state index in [0.717, 1.165) is 62.0 Å². The molecule has 1 aromatic heterocycles. The number of nitrogens with zero attached hydrogens (tertiary/aromatic N) is 1. The zero-order chi connectivity index (χ0) is 21.5. The second-order valence-electron chi connectivity index (χ2n) is 8.18. The fraction of sp³-hybridized carbons (Fsp3) is 0.526. The van der Waals surface area contributed by atoms with Crippen LogP contribution in [0.4, 0.5) is 5.69 Å². The van der Waals surface area contributed by atoms with E-state index in [1.165, 1.54) is 5.56 Å². The van der Waals surface area contributed by atoms with Gasteiger partial charge in [0.15, 0.2) is 11.5 Å². The van der Waals surface area contributed by atoms with Crippen molar-refractivity contribution in [1.82, 2.24) is 10.3 Å². The van der Waals surface area contributed by atoms with Gasteiger partial charge in [-0.1, -0.05) is 0 Å². The number of ether oxygens (including phenoxy) is 2. The fourth-order valence-electron chi connectivity index (χ4n) is 4.15. The number of aryl methyl sites for hydroxylation is 1. The Morgan fingerprint density at radius 1 is 0.967 bits per heavy atom. The lowest BCUT2D eigenvalue weighted by molar-refractivity contribution is 0.267. The van der Waals surface area contributed by atoms with E-state index < -0.39 is 10.6 Å². The minimum absolute atomic E-state index is 0.149. The molecular formula is C19H19B6N3O2. The van der Waals surface area contributed by atoms with Crippen LogP contribution in [-0.2, 0) is 12.8 Å². The largest absolute Gasteiger partial charge is 0.512 e. The monoisotopic (exact) mass is 387 g/mol. The average Bonchev–Trinajstić information content (AvgIpc) is 3.09. The second kappa shape index (κ2) is 8.14. The number of pyridine rings is 1. The molecule has 0 unspecified atom stereocenters. The summed E-state index contributed by atoms with van der Waals surface area (Å²) < 4.78 is 11.0. The number of hydrogen-bond donors (Lipinski definition) is 2. The molecule has 2 N–H and O–H groups in total. The summed E-state index contributed by atoms with van der Waals surface area (Å²) in [7, 11) is 33.9. The molecule has 0 spiro atoms. The van der Waals surface area contributed by atoms with E-state index in [-0.39, 0.29) is 11.5 Å². The molecule has 2 aliphatic rings. The normalized spacial score (nSPS) is 19.4. The van der Waals surface area contributed by atoms with E-state index in [4.69, 9.17) is 61.5 Å². The molecule has 1 saturated heterocycles. The van der Waals surface area contributed by atoms with Gasteiger partial charge >= 0.3 is 0 Å². The van der Waals surface area contributed by atoms with Crippen LogP contribution in [0.15, 0.2) is 12.1 Å². The third kappa shape index (κ3) is 4.99. The van der Waals surface area contributed by atoms with Crippen molar-refractivity contribution in [3.8, 4) is 11.5 Å². The van der Waals surface area contributed by atoms with Gasteiger partial charge < -0.3 is 20.1 Å². The Morgan fingerprint density at radius 3 is 2.30 bits per heavy atom. The molecule has 0 amide bonds. The topological polar surface area (TPSA) is 55.4 Å². The minimum Gasteiger partial charge on any atom is -0.512 e. The first kappa shape index (κ1) is 21.6. The summed E-state index contributed by atoms with van der Waals surface area (Å²) in [5.41, 5.74) is 4.02. The summed E-state index contributed by atoms with van der Waals surface area (Å²) in [6.07, 6.45) is 5.14. The first-order chi connectivity index (χ1) is 14.1. The number of nitrogens with one attached hydrogen (secondary N) is 2. The summed E-state index contributed by atoms with van der Waals surface area (Å²) in [4.78, 5) is 4.83. The Bertz CT molecular complexity index is 939. The molecule has 1 aliphatic heterocycles. The van der Waals surface area contributed by atoms with Gasteiger partial charge in [-0.2, -0.15) is 0 Å². The number of benzene rings is 1. The maximum atomic E-state index is 5.67. The van der Waals surface area contributed by atoms with Crippen molar-refractivity contribution < 1.29 is 9.47 Å². The van der Waals surface area contributed by atoms with Gasteiger partial charge in [-0.25, -0.2) is 0 Å². The van der Waals surface area contributed by atoms with Crippen LogP contribution in [0.2, 0.25) is 0 Å². The molecule has 11 heteroatoms. The molecule has 12 radical (unpaired) electrons. The molecule has 2 aromatic rings. The van der Waals surface area contributed by atoms with Crippen molar-refractivity contribution in [2.45, 2.75) is 48.7 Å². The predicted octanol–water partition coefficient (Wildman–Crippen LogP) is -0.121. The Labute approximate surface area is 185 Å². The first-order valence-electron chi connectivity index (χ1n) is 10.2. The SMILES string of the molecule is [B]C([B])([B])Oc1cc2nc3c(c(N[C@@H]4CCCNC4)c2cc1OC([B])([B])[B])CCC3. The van der Waals surface area contributed by atoms with Crippen LogP contribution >= 0.6 is 0 Å².